The largest absolute Gasteiger partial charge is 0.354 e. The zero-order valence-corrected chi connectivity index (χ0v) is 13.8. The molecular formula is C17H30N4. The summed E-state index contributed by atoms with van der Waals surface area (Å²) in [5.41, 5.74) is 0. The molecule has 2 rings (SSSR count). The van der Waals surface area contributed by atoms with Gasteiger partial charge in [0, 0.05) is 45.0 Å². The Hall–Kier alpha value is -1.13. The maximum Gasteiger partial charge on any atom is 0.128 e. The molecule has 1 aliphatic rings. The molecule has 118 valence electrons. The van der Waals surface area contributed by atoms with Crippen molar-refractivity contribution in [1.29, 1.82) is 0 Å². The second-order valence-corrected chi connectivity index (χ2v) is 6.23. The van der Waals surface area contributed by atoms with Crippen molar-refractivity contribution in [2.75, 3.05) is 44.2 Å². The molecule has 0 aromatic carbocycles. The van der Waals surface area contributed by atoms with E-state index in [1.165, 1.54) is 6.42 Å². The van der Waals surface area contributed by atoms with Crippen LogP contribution in [0.2, 0.25) is 0 Å². The number of pyridine rings is 1. The van der Waals surface area contributed by atoms with Crippen molar-refractivity contribution in [2.24, 2.45) is 5.92 Å². The summed E-state index contributed by atoms with van der Waals surface area (Å²) in [5, 5.41) is 3.59. The van der Waals surface area contributed by atoms with Gasteiger partial charge in [-0.2, -0.15) is 0 Å². The number of piperazine rings is 1. The Labute approximate surface area is 129 Å². The van der Waals surface area contributed by atoms with Crippen LogP contribution in [0.5, 0.6) is 0 Å². The lowest BCUT2D eigenvalue weighted by Gasteiger charge is -2.41. The standard InChI is InChI=1S/C17H30N4/c1-4-8-18-14-16(15(2)3)20-10-12-21(13-11-20)17-7-5-6-9-19-17/h5-7,9,15-16,18H,4,8,10-14H2,1-3H3. The van der Waals surface area contributed by atoms with Gasteiger partial charge in [0.25, 0.3) is 0 Å². The summed E-state index contributed by atoms with van der Waals surface area (Å²) in [6.07, 6.45) is 3.09. The van der Waals surface area contributed by atoms with Crippen LogP contribution in [0.15, 0.2) is 24.4 Å². The number of rotatable bonds is 7. The summed E-state index contributed by atoms with van der Waals surface area (Å²) in [4.78, 5) is 9.50. The Kier molecular flexibility index (Phi) is 6.46. The van der Waals surface area contributed by atoms with Gasteiger partial charge in [-0.3, -0.25) is 4.90 Å². The Morgan fingerprint density at radius 3 is 2.52 bits per heavy atom. The van der Waals surface area contributed by atoms with E-state index in [4.69, 9.17) is 0 Å². The van der Waals surface area contributed by atoms with E-state index in [0.29, 0.717) is 12.0 Å². The summed E-state index contributed by atoms with van der Waals surface area (Å²) >= 11 is 0. The fourth-order valence-electron chi connectivity index (χ4n) is 3.04. The zero-order valence-electron chi connectivity index (χ0n) is 13.8. The van der Waals surface area contributed by atoms with Crippen LogP contribution in [0.3, 0.4) is 0 Å². The first kappa shape index (κ1) is 16.2. The molecule has 1 atom stereocenters. The molecule has 21 heavy (non-hydrogen) atoms. The minimum Gasteiger partial charge on any atom is -0.354 e. The maximum absolute atomic E-state index is 4.46. The monoisotopic (exact) mass is 290 g/mol. The van der Waals surface area contributed by atoms with Crippen molar-refractivity contribution in [2.45, 2.75) is 33.2 Å². The van der Waals surface area contributed by atoms with E-state index in [2.05, 4.69) is 53.0 Å². The van der Waals surface area contributed by atoms with E-state index >= 15 is 0 Å². The molecule has 2 heterocycles. The van der Waals surface area contributed by atoms with Crippen molar-refractivity contribution in [3.63, 3.8) is 0 Å². The molecule has 0 spiro atoms. The SMILES string of the molecule is CCCNCC(C(C)C)N1CCN(c2ccccn2)CC1. The summed E-state index contributed by atoms with van der Waals surface area (Å²) in [5.74, 6) is 1.80. The van der Waals surface area contributed by atoms with E-state index in [9.17, 15) is 0 Å². The molecule has 1 saturated heterocycles. The third-order valence-electron chi connectivity index (χ3n) is 4.31. The van der Waals surface area contributed by atoms with Crippen LogP contribution in [-0.2, 0) is 0 Å². The average molecular weight is 290 g/mol. The number of hydrogen-bond acceptors (Lipinski definition) is 4. The molecular weight excluding hydrogens is 260 g/mol. The van der Waals surface area contributed by atoms with E-state index in [1.807, 2.05) is 12.3 Å². The van der Waals surface area contributed by atoms with E-state index in [1.54, 1.807) is 0 Å². The lowest BCUT2D eigenvalue weighted by atomic mass is 10.0. The zero-order chi connectivity index (χ0) is 15.1. The number of hydrogen-bond donors (Lipinski definition) is 1. The van der Waals surface area contributed by atoms with Gasteiger partial charge in [0.2, 0.25) is 0 Å². The molecule has 1 aromatic rings. The predicted octanol–water partition coefficient (Wildman–Crippen LogP) is 2.23. The first-order valence-corrected chi connectivity index (χ1v) is 8.33. The first-order chi connectivity index (χ1) is 10.2. The molecule has 0 saturated carbocycles. The number of aromatic nitrogens is 1. The van der Waals surface area contributed by atoms with Crippen LogP contribution in [0, 0.1) is 5.92 Å². The summed E-state index contributed by atoms with van der Waals surface area (Å²) < 4.78 is 0. The summed E-state index contributed by atoms with van der Waals surface area (Å²) in [6, 6.07) is 6.80. The second kappa shape index (κ2) is 8.35. The van der Waals surface area contributed by atoms with E-state index < -0.39 is 0 Å². The van der Waals surface area contributed by atoms with Crippen molar-refractivity contribution >= 4 is 5.82 Å². The van der Waals surface area contributed by atoms with Gasteiger partial charge in [0.05, 0.1) is 0 Å². The highest BCUT2D eigenvalue weighted by molar-refractivity contribution is 5.38. The van der Waals surface area contributed by atoms with E-state index in [0.717, 1.165) is 45.1 Å². The molecule has 1 unspecified atom stereocenters. The van der Waals surface area contributed by atoms with Gasteiger partial charge >= 0.3 is 0 Å². The Balaban J connectivity index is 1.86. The Bertz CT molecular complexity index is 385. The van der Waals surface area contributed by atoms with Gasteiger partial charge in [0.1, 0.15) is 5.82 Å². The van der Waals surface area contributed by atoms with Gasteiger partial charge in [-0.15, -0.1) is 0 Å². The average Bonchev–Trinajstić information content (AvgIpc) is 2.52. The van der Waals surface area contributed by atoms with Gasteiger partial charge in [-0.25, -0.2) is 4.98 Å². The first-order valence-electron chi connectivity index (χ1n) is 8.33. The molecule has 1 aliphatic heterocycles. The third kappa shape index (κ3) is 4.68. The topological polar surface area (TPSA) is 31.4 Å². The fourth-order valence-corrected chi connectivity index (χ4v) is 3.04. The fraction of sp³-hybridized carbons (Fsp3) is 0.706. The van der Waals surface area contributed by atoms with Crippen LogP contribution >= 0.6 is 0 Å². The van der Waals surface area contributed by atoms with Crippen LogP contribution in [0.25, 0.3) is 0 Å². The highest BCUT2D eigenvalue weighted by Crippen LogP contribution is 2.17. The van der Waals surface area contributed by atoms with Crippen LogP contribution in [-0.4, -0.2) is 55.2 Å². The highest BCUT2D eigenvalue weighted by Gasteiger charge is 2.25. The summed E-state index contributed by atoms with van der Waals surface area (Å²) in [6.45, 7) is 13.5. The van der Waals surface area contributed by atoms with Crippen molar-refractivity contribution in [1.82, 2.24) is 15.2 Å². The molecule has 1 fully saturated rings. The minimum absolute atomic E-state index is 0.641. The molecule has 4 nitrogen and oxygen atoms in total. The molecule has 0 aliphatic carbocycles. The van der Waals surface area contributed by atoms with Crippen LogP contribution in [0.1, 0.15) is 27.2 Å². The van der Waals surface area contributed by atoms with E-state index in [-0.39, 0.29) is 0 Å². The lowest BCUT2D eigenvalue weighted by Crippen LogP contribution is -2.54. The molecule has 4 heteroatoms. The quantitative estimate of drug-likeness (QED) is 0.780. The molecule has 1 aromatic heterocycles. The highest BCUT2D eigenvalue weighted by atomic mass is 15.3. The molecule has 0 radical (unpaired) electrons. The predicted molar refractivity (Wildman–Crippen MR) is 89.8 cm³/mol. The number of anilines is 1. The van der Waals surface area contributed by atoms with Crippen molar-refractivity contribution in [3.8, 4) is 0 Å². The van der Waals surface area contributed by atoms with Crippen LogP contribution < -0.4 is 10.2 Å². The Morgan fingerprint density at radius 2 is 1.95 bits per heavy atom. The van der Waals surface area contributed by atoms with Crippen molar-refractivity contribution < 1.29 is 0 Å². The van der Waals surface area contributed by atoms with Gasteiger partial charge < -0.3 is 10.2 Å². The van der Waals surface area contributed by atoms with Gasteiger partial charge in [0.15, 0.2) is 0 Å². The maximum atomic E-state index is 4.46. The second-order valence-electron chi connectivity index (χ2n) is 6.23. The number of nitrogens with one attached hydrogen (secondary N) is 1. The molecule has 1 N–H and O–H groups in total. The van der Waals surface area contributed by atoms with Gasteiger partial charge in [-0.1, -0.05) is 26.8 Å². The summed E-state index contributed by atoms with van der Waals surface area (Å²) in [7, 11) is 0. The minimum atomic E-state index is 0.641. The Morgan fingerprint density at radius 1 is 1.19 bits per heavy atom. The molecule has 0 amide bonds. The normalized spacial score (nSPS) is 18.2. The lowest BCUT2D eigenvalue weighted by molar-refractivity contribution is 0.143. The number of nitrogens with zero attached hydrogens (tertiary/aromatic N) is 3. The van der Waals surface area contributed by atoms with Crippen LogP contribution in [0.4, 0.5) is 5.82 Å². The molecule has 0 bridgehead atoms. The smallest absolute Gasteiger partial charge is 0.128 e. The van der Waals surface area contributed by atoms with Crippen molar-refractivity contribution in [3.05, 3.63) is 24.4 Å². The third-order valence-corrected chi connectivity index (χ3v) is 4.31. The van der Waals surface area contributed by atoms with Gasteiger partial charge in [-0.05, 0) is 31.0 Å².